The van der Waals surface area contributed by atoms with Gasteiger partial charge < -0.3 is 20.5 Å². The van der Waals surface area contributed by atoms with E-state index in [4.69, 9.17) is 4.74 Å². The molecule has 2 aliphatic rings. The van der Waals surface area contributed by atoms with Gasteiger partial charge in [0, 0.05) is 31.5 Å². The van der Waals surface area contributed by atoms with Crippen LogP contribution in [0.15, 0.2) is 18.2 Å². The van der Waals surface area contributed by atoms with Crippen LogP contribution in [-0.2, 0) is 12.8 Å². The number of hydrogen-bond acceptors (Lipinski definition) is 3. The minimum atomic E-state index is -0.125. The second-order valence-electron chi connectivity index (χ2n) is 6.52. The Balaban J connectivity index is 1.42. The third-order valence-corrected chi connectivity index (χ3v) is 4.91. The average Bonchev–Trinajstić information content (AvgIpc) is 3.03. The first-order chi connectivity index (χ1) is 11.3. The summed E-state index contributed by atoms with van der Waals surface area (Å²) in [7, 11) is 0. The molecule has 0 saturated heterocycles. The van der Waals surface area contributed by atoms with Crippen LogP contribution in [0.25, 0.3) is 0 Å². The van der Waals surface area contributed by atoms with Crippen molar-refractivity contribution >= 4 is 6.03 Å². The highest BCUT2D eigenvalue weighted by Crippen LogP contribution is 2.26. The van der Waals surface area contributed by atoms with Gasteiger partial charge in [0.25, 0.3) is 0 Å². The highest BCUT2D eigenvalue weighted by atomic mass is 16.5. The van der Waals surface area contributed by atoms with Crippen molar-refractivity contribution < 1.29 is 14.6 Å². The maximum absolute atomic E-state index is 12.0. The lowest BCUT2D eigenvalue weighted by Crippen LogP contribution is -2.48. The number of carbonyl (C=O) groups is 1. The van der Waals surface area contributed by atoms with Gasteiger partial charge in [-0.05, 0) is 36.5 Å². The first-order valence-corrected chi connectivity index (χ1v) is 8.66. The third-order valence-electron chi connectivity index (χ3n) is 4.91. The molecule has 0 spiro atoms. The molecule has 1 aromatic carbocycles. The number of aliphatic hydroxyl groups is 1. The quantitative estimate of drug-likeness (QED) is 0.778. The first kappa shape index (κ1) is 16.1. The van der Waals surface area contributed by atoms with Gasteiger partial charge in [0.15, 0.2) is 0 Å². The third kappa shape index (κ3) is 4.16. The highest BCUT2D eigenvalue weighted by molar-refractivity contribution is 5.74. The van der Waals surface area contributed by atoms with Gasteiger partial charge in [0.05, 0.1) is 6.61 Å². The predicted molar refractivity (Wildman–Crippen MR) is 88.7 cm³/mol. The molecule has 2 amide bonds. The molecule has 0 unspecified atom stereocenters. The molecule has 1 aliphatic heterocycles. The lowest BCUT2D eigenvalue weighted by atomic mass is 9.85. The first-order valence-electron chi connectivity index (χ1n) is 8.66. The van der Waals surface area contributed by atoms with Gasteiger partial charge in [-0.15, -0.1) is 0 Å². The Morgan fingerprint density at radius 3 is 3.04 bits per heavy atom. The van der Waals surface area contributed by atoms with Crippen molar-refractivity contribution in [3.63, 3.8) is 0 Å². The lowest BCUT2D eigenvalue weighted by molar-refractivity contribution is 0.154. The average molecular weight is 318 g/mol. The van der Waals surface area contributed by atoms with E-state index in [1.165, 1.54) is 11.1 Å². The van der Waals surface area contributed by atoms with Crippen molar-refractivity contribution in [3.05, 3.63) is 29.3 Å². The van der Waals surface area contributed by atoms with Crippen LogP contribution in [0.4, 0.5) is 4.79 Å². The Morgan fingerprint density at radius 1 is 1.30 bits per heavy atom. The molecule has 1 aliphatic carbocycles. The zero-order valence-corrected chi connectivity index (χ0v) is 13.5. The minimum Gasteiger partial charge on any atom is -0.493 e. The molecule has 0 bridgehead atoms. The SMILES string of the molecule is O=C(NCCc1ccc2c(c1)CCO2)N[C@H]1CCCC[C@H]1CO. The topological polar surface area (TPSA) is 70.6 Å². The maximum atomic E-state index is 12.0. The lowest BCUT2D eigenvalue weighted by Gasteiger charge is -2.30. The normalized spacial score (nSPS) is 23.0. The molecule has 1 saturated carbocycles. The van der Waals surface area contributed by atoms with Gasteiger partial charge in [-0.2, -0.15) is 0 Å². The molecule has 2 atom stereocenters. The number of rotatable bonds is 5. The van der Waals surface area contributed by atoms with Gasteiger partial charge in [0.2, 0.25) is 0 Å². The van der Waals surface area contributed by atoms with Crippen LogP contribution in [0.1, 0.15) is 36.8 Å². The van der Waals surface area contributed by atoms with Crippen LogP contribution in [0.3, 0.4) is 0 Å². The van der Waals surface area contributed by atoms with Crippen LogP contribution in [0, 0.1) is 5.92 Å². The fourth-order valence-corrected chi connectivity index (χ4v) is 3.55. The number of nitrogens with one attached hydrogen (secondary N) is 2. The zero-order valence-electron chi connectivity index (χ0n) is 13.5. The zero-order chi connectivity index (χ0) is 16.1. The maximum Gasteiger partial charge on any atom is 0.315 e. The van der Waals surface area contributed by atoms with E-state index in [1.54, 1.807) is 0 Å². The smallest absolute Gasteiger partial charge is 0.315 e. The van der Waals surface area contributed by atoms with E-state index < -0.39 is 0 Å². The van der Waals surface area contributed by atoms with Crippen LogP contribution in [-0.4, -0.2) is 36.9 Å². The summed E-state index contributed by atoms with van der Waals surface area (Å²) in [5.74, 6) is 1.19. The van der Waals surface area contributed by atoms with Crippen LogP contribution < -0.4 is 15.4 Å². The Bertz CT molecular complexity index is 547. The van der Waals surface area contributed by atoms with Crippen molar-refractivity contribution in [1.82, 2.24) is 10.6 Å². The molecule has 0 radical (unpaired) electrons. The number of fused-ring (bicyclic) bond motifs is 1. The number of carbonyl (C=O) groups excluding carboxylic acids is 1. The van der Waals surface area contributed by atoms with E-state index in [0.717, 1.165) is 50.9 Å². The van der Waals surface area contributed by atoms with Gasteiger partial charge in [-0.1, -0.05) is 25.0 Å². The fraction of sp³-hybridized carbons (Fsp3) is 0.611. The molecule has 5 nitrogen and oxygen atoms in total. The highest BCUT2D eigenvalue weighted by Gasteiger charge is 2.25. The Labute approximate surface area is 137 Å². The summed E-state index contributed by atoms with van der Waals surface area (Å²) in [5.41, 5.74) is 2.49. The molecule has 1 fully saturated rings. The summed E-state index contributed by atoms with van der Waals surface area (Å²) in [6, 6.07) is 6.23. The van der Waals surface area contributed by atoms with Gasteiger partial charge >= 0.3 is 6.03 Å². The van der Waals surface area contributed by atoms with Gasteiger partial charge in [0.1, 0.15) is 5.75 Å². The molecular weight excluding hydrogens is 292 g/mol. The van der Waals surface area contributed by atoms with E-state index in [9.17, 15) is 9.90 Å². The Hall–Kier alpha value is -1.75. The number of aliphatic hydroxyl groups excluding tert-OH is 1. The Morgan fingerprint density at radius 2 is 2.17 bits per heavy atom. The van der Waals surface area contributed by atoms with E-state index in [1.807, 2.05) is 6.07 Å². The molecular formula is C18H26N2O3. The molecule has 126 valence electrons. The largest absolute Gasteiger partial charge is 0.493 e. The van der Waals surface area contributed by atoms with Crippen LogP contribution in [0.5, 0.6) is 5.75 Å². The van der Waals surface area contributed by atoms with Crippen molar-refractivity contribution in [2.75, 3.05) is 19.8 Å². The number of urea groups is 1. The number of hydrogen-bond donors (Lipinski definition) is 3. The number of benzene rings is 1. The molecule has 23 heavy (non-hydrogen) atoms. The summed E-state index contributed by atoms with van der Waals surface area (Å²) in [4.78, 5) is 12.0. The van der Waals surface area contributed by atoms with Crippen LogP contribution >= 0.6 is 0 Å². The molecule has 5 heteroatoms. The minimum absolute atomic E-state index is 0.103. The second-order valence-corrected chi connectivity index (χ2v) is 6.52. The summed E-state index contributed by atoms with van der Waals surface area (Å²) in [6.45, 7) is 1.54. The van der Waals surface area contributed by atoms with Crippen molar-refractivity contribution in [3.8, 4) is 5.75 Å². The monoisotopic (exact) mass is 318 g/mol. The van der Waals surface area contributed by atoms with E-state index >= 15 is 0 Å². The summed E-state index contributed by atoms with van der Waals surface area (Å²) < 4.78 is 5.50. The number of amides is 2. The van der Waals surface area contributed by atoms with Gasteiger partial charge in [-0.3, -0.25) is 0 Å². The molecule has 0 aromatic heterocycles. The summed E-state index contributed by atoms with van der Waals surface area (Å²) >= 11 is 0. The molecule has 3 rings (SSSR count). The van der Waals surface area contributed by atoms with Crippen LogP contribution in [0.2, 0.25) is 0 Å². The van der Waals surface area contributed by atoms with E-state index in [0.29, 0.717) is 6.54 Å². The Kier molecular flexibility index (Phi) is 5.39. The second kappa shape index (κ2) is 7.68. The molecule has 1 heterocycles. The van der Waals surface area contributed by atoms with Crippen molar-refractivity contribution in [2.45, 2.75) is 44.6 Å². The summed E-state index contributed by atoms with van der Waals surface area (Å²) in [6.07, 6.45) is 6.02. The predicted octanol–water partition coefficient (Wildman–Crippen LogP) is 2.01. The van der Waals surface area contributed by atoms with E-state index in [2.05, 4.69) is 22.8 Å². The van der Waals surface area contributed by atoms with E-state index in [-0.39, 0.29) is 24.6 Å². The van der Waals surface area contributed by atoms with Crippen molar-refractivity contribution in [1.29, 1.82) is 0 Å². The van der Waals surface area contributed by atoms with Crippen molar-refractivity contribution in [2.24, 2.45) is 5.92 Å². The molecule has 3 N–H and O–H groups in total. The van der Waals surface area contributed by atoms with Gasteiger partial charge in [-0.25, -0.2) is 4.79 Å². The number of ether oxygens (including phenoxy) is 1. The standard InChI is InChI=1S/C18H26N2O3/c21-12-15-3-1-2-4-16(15)20-18(22)19-9-7-13-5-6-17-14(11-13)8-10-23-17/h5-6,11,15-16,21H,1-4,7-10,12H2,(H2,19,20,22)/t15-,16-/m0/s1. The summed E-state index contributed by atoms with van der Waals surface area (Å²) in [5, 5.41) is 15.3. The fourth-order valence-electron chi connectivity index (χ4n) is 3.55. The molecule has 1 aromatic rings.